The first kappa shape index (κ1) is 20.3. The molecule has 2 aromatic rings. The van der Waals surface area contributed by atoms with Gasteiger partial charge in [0, 0.05) is 6.21 Å². The molecule has 1 saturated heterocycles. The number of primary amides is 1. The molecule has 0 unspecified atom stereocenters. The molecule has 0 radical (unpaired) electrons. The van der Waals surface area contributed by atoms with E-state index in [1.165, 1.54) is 19.2 Å². The average molecular weight is 414 g/mol. The minimum Gasteiger partial charge on any atom is -0.494 e. The van der Waals surface area contributed by atoms with Crippen LogP contribution in [0.3, 0.4) is 0 Å². The smallest absolute Gasteiger partial charge is 0.271 e. The van der Waals surface area contributed by atoms with Gasteiger partial charge in [0.15, 0.2) is 9.84 Å². The van der Waals surface area contributed by atoms with Crippen LogP contribution in [0, 0.1) is 18.3 Å². The lowest BCUT2D eigenvalue weighted by Gasteiger charge is -2.18. The Labute approximate surface area is 166 Å². The van der Waals surface area contributed by atoms with Crippen molar-refractivity contribution >= 4 is 27.6 Å². The molecule has 3 rings (SSSR count). The van der Waals surface area contributed by atoms with Crippen LogP contribution in [0.25, 0.3) is 0 Å². The number of hydrogen-bond acceptors (Lipinski definition) is 7. The van der Waals surface area contributed by atoms with Crippen molar-refractivity contribution in [2.75, 3.05) is 11.5 Å². The van der Waals surface area contributed by atoms with Crippen molar-refractivity contribution < 1.29 is 18.3 Å². The molecule has 3 N–H and O–H groups in total. The van der Waals surface area contributed by atoms with Gasteiger partial charge in [-0.15, -0.1) is 0 Å². The molecule has 1 aliphatic heterocycles. The van der Waals surface area contributed by atoms with Crippen LogP contribution in [0.1, 0.15) is 39.5 Å². The minimum atomic E-state index is -3.33. The fourth-order valence-electron chi connectivity index (χ4n) is 3.34. The van der Waals surface area contributed by atoms with E-state index in [1.54, 1.807) is 18.2 Å². The third-order valence-corrected chi connectivity index (χ3v) is 6.62. The number of aromatic nitrogens is 1. The third-order valence-electron chi connectivity index (χ3n) is 4.87. The van der Waals surface area contributed by atoms with Crippen LogP contribution >= 0.6 is 0 Å². The van der Waals surface area contributed by atoms with E-state index in [0.29, 0.717) is 0 Å². The van der Waals surface area contributed by atoms with Crippen molar-refractivity contribution in [3.63, 3.8) is 0 Å². The van der Waals surface area contributed by atoms with Gasteiger partial charge in [-0.2, -0.15) is 5.26 Å². The Kier molecular flexibility index (Phi) is 5.26. The fourth-order valence-corrected chi connectivity index (χ4v) is 5.04. The molecule has 0 saturated carbocycles. The molecule has 29 heavy (non-hydrogen) atoms. The average Bonchev–Trinajstić information content (AvgIpc) is 3.01. The number of hydrogen-bond donors (Lipinski definition) is 2. The zero-order chi connectivity index (χ0) is 21.3. The summed E-state index contributed by atoms with van der Waals surface area (Å²) in [7, 11) is -3.33. The van der Waals surface area contributed by atoms with Crippen molar-refractivity contribution in [3.05, 3.63) is 56.9 Å². The van der Waals surface area contributed by atoms with E-state index in [-0.39, 0.29) is 45.9 Å². The molecular formula is C19H18N4O5S. The molecule has 0 aliphatic carbocycles. The van der Waals surface area contributed by atoms with Crippen molar-refractivity contribution in [1.29, 1.82) is 5.26 Å². The quantitative estimate of drug-likeness (QED) is 0.709. The monoisotopic (exact) mass is 414 g/mol. The van der Waals surface area contributed by atoms with Crippen LogP contribution in [-0.2, 0) is 9.84 Å². The van der Waals surface area contributed by atoms with Crippen molar-refractivity contribution in [3.8, 4) is 11.9 Å². The molecule has 150 valence electrons. The van der Waals surface area contributed by atoms with Crippen LogP contribution in [0.15, 0.2) is 34.1 Å². The van der Waals surface area contributed by atoms with Crippen LogP contribution in [0.5, 0.6) is 5.88 Å². The van der Waals surface area contributed by atoms with Gasteiger partial charge in [0.05, 0.1) is 34.4 Å². The highest BCUT2D eigenvalue weighted by Crippen LogP contribution is 2.30. The number of benzene rings is 1. The molecule has 2 heterocycles. The zero-order valence-corrected chi connectivity index (χ0v) is 16.3. The SMILES string of the molecule is Cc1c(C=Nc2ccccc2C(N)=O)c(O)n([C@H]2CCS(=O)(=O)C2)c(=O)c1C#N. The fraction of sp³-hybridized carbons (Fsp3) is 0.263. The standard InChI is InChI=1S/C19H18N4O5S/c1-11-14(8-20)18(25)23(12-6-7-29(27,28)10-12)19(26)15(11)9-22-16-5-3-2-4-13(16)17(21)24/h2-5,9,12,26H,6-7,10H2,1H3,(H2,21,24)/t12-/m0/s1. The third kappa shape index (κ3) is 3.77. The summed E-state index contributed by atoms with van der Waals surface area (Å²) in [6, 6.07) is 7.35. The number of pyridine rings is 1. The first-order valence-electron chi connectivity index (χ1n) is 8.67. The van der Waals surface area contributed by atoms with Crippen LogP contribution in [0.2, 0.25) is 0 Å². The predicted molar refractivity (Wildman–Crippen MR) is 106 cm³/mol. The Hall–Kier alpha value is -3.45. The van der Waals surface area contributed by atoms with Crippen molar-refractivity contribution in [2.24, 2.45) is 10.7 Å². The number of para-hydroxylation sites is 1. The maximum atomic E-state index is 12.7. The van der Waals surface area contributed by atoms with Gasteiger partial charge in [-0.25, -0.2) is 8.42 Å². The summed E-state index contributed by atoms with van der Waals surface area (Å²) < 4.78 is 24.6. The summed E-state index contributed by atoms with van der Waals surface area (Å²) in [6.07, 6.45) is 1.39. The molecule has 1 fully saturated rings. The van der Waals surface area contributed by atoms with E-state index in [4.69, 9.17) is 5.73 Å². The van der Waals surface area contributed by atoms with E-state index in [0.717, 1.165) is 4.57 Å². The number of aromatic hydroxyl groups is 1. The van der Waals surface area contributed by atoms with Gasteiger partial charge in [0.2, 0.25) is 5.88 Å². The molecule has 1 aromatic carbocycles. The molecular weight excluding hydrogens is 396 g/mol. The lowest BCUT2D eigenvalue weighted by Crippen LogP contribution is -2.29. The largest absolute Gasteiger partial charge is 0.494 e. The highest BCUT2D eigenvalue weighted by atomic mass is 32.2. The Balaban J connectivity index is 2.18. The Morgan fingerprint density at radius 3 is 2.69 bits per heavy atom. The topological polar surface area (TPSA) is 156 Å². The number of carbonyl (C=O) groups excluding carboxylic acids is 1. The second-order valence-electron chi connectivity index (χ2n) is 6.72. The summed E-state index contributed by atoms with van der Waals surface area (Å²) in [6.45, 7) is 1.48. The first-order valence-corrected chi connectivity index (χ1v) is 10.5. The highest BCUT2D eigenvalue weighted by molar-refractivity contribution is 7.91. The van der Waals surface area contributed by atoms with E-state index < -0.39 is 33.2 Å². The Bertz CT molecular complexity index is 1240. The number of rotatable bonds is 4. The molecule has 1 aliphatic rings. The molecule has 1 atom stereocenters. The van der Waals surface area contributed by atoms with Crippen LogP contribution in [0.4, 0.5) is 5.69 Å². The minimum absolute atomic E-state index is 0.0877. The number of nitriles is 1. The number of carbonyl (C=O) groups is 1. The lowest BCUT2D eigenvalue weighted by atomic mass is 10.0. The number of nitrogens with two attached hydrogens (primary N) is 1. The molecule has 9 nitrogen and oxygen atoms in total. The first-order chi connectivity index (χ1) is 13.7. The Morgan fingerprint density at radius 2 is 2.10 bits per heavy atom. The number of sulfone groups is 1. The van der Waals surface area contributed by atoms with Gasteiger partial charge in [-0.05, 0) is 31.0 Å². The van der Waals surface area contributed by atoms with Crippen molar-refractivity contribution in [1.82, 2.24) is 4.57 Å². The Morgan fingerprint density at radius 1 is 1.41 bits per heavy atom. The predicted octanol–water partition coefficient (Wildman–Crippen LogP) is 0.943. The second kappa shape index (κ2) is 7.52. The maximum Gasteiger partial charge on any atom is 0.271 e. The van der Waals surface area contributed by atoms with Gasteiger partial charge >= 0.3 is 0 Å². The van der Waals surface area contributed by atoms with E-state index in [9.17, 15) is 28.4 Å². The maximum absolute atomic E-state index is 12.7. The van der Waals surface area contributed by atoms with Gasteiger partial charge < -0.3 is 10.8 Å². The molecule has 1 aromatic heterocycles. The lowest BCUT2D eigenvalue weighted by molar-refractivity contribution is 0.100. The summed E-state index contributed by atoms with van der Waals surface area (Å²) in [5, 5.41) is 20.2. The number of nitrogens with zero attached hydrogens (tertiary/aromatic N) is 3. The van der Waals surface area contributed by atoms with Crippen LogP contribution in [-0.4, -0.2) is 41.7 Å². The number of aliphatic imine (C=N–C) groups is 1. The van der Waals surface area contributed by atoms with Crippen LogP contribution < -0.4 is 11.3 Å². The molecule has 10 heteroatoms. The van der Waals surface area contributed by atoms with Gasteiger partial charge in [0.1, 0.15) is 11.6 Å². The van der Waals surface area contributed by atoms with E-state index in [1.807, 2.05) is 6.07 Å². The van der Waals surface area contributed by atoms with Gasteiger partial charge in [0.25, 0.3) is 11.5 Å². The summed E-state index contributed by atoms with van der Waals surface area (Å²) in [5.74, 6) is -1.56. The second-order valence-corrected chi connectivity index (χ2v) is 8.95. The molecule has 0 spiro atoms. The summed E-state index contributed by atoms with van der Waals surface area (Å²) in [5.41, 5.74) is 5.07. The molecule has 0 bridgehead atoms. The normalized spacial score (nSPS) is 18.0. The molecule has 1 amide bonds. The van der Waals surface area contributed by atoms with Gasteiger partial charge in [-0.1, -0.05) is 12.1 Å². The summed E-state index contributed by atoms with van der Waals surface area (Å²) in [4.78, 5) is 28.4. The van der Waals surface area contributed by atoms with Crippen molar-refractivity contribution in [2.45, 2.75) is 19.4 Å². The van der Waals surface area contributed by atoms with E-state index >= 15 is 0 Å². The van der Waals surface area contributed by atoms with Gasteiger partial charge in [-0.3, -0.25) is 19.1 Å². The number of amides is 1. The summed E-state index contributed by atoms with van der Waals surface area (Å²) >= 11 is 0. The van der Waals surface area contributed by atoms with E-state index in [2.05, 4.69) is 4.99 Å². The highest BCUT2D eigenvalue weighted by Gasteiger charge is 2.33. The zero-order valence-electron chi connectivity index (χ0n) is 15.5.